The van der Waals surface area contributed by atoms with E-state index in [1.165, 1.54) is 11.8 Å². The average Bonchev–Trinajstić information content (AvgIpc) is 2.92. The number of fused-ring (bicyclic) bond motifs is 1. The van der Waals surface area contributed by atoms with Gasteiger partial charge in [0.25, 0.3) is 5.91 Å². The van der Waals surface area contributed by atoms with Gasteiger partial charge < -0.3 is 15.6 Å². The molecule has 1 heterocycles. The van der Waals surface area contributed by atoms with Gasteiger partial charge in [-0.05, 0) is 30.6 Å². The lowest BCUT2D eigenvalue weighted by Crippen LogP contribution is -2.53. The van der Waals surface area contributed by atoms with Crippen LogP contribution in [-0.4, -0.2) is 45.4 Å². The van der Waals surface area contributed by atoms with Crippen molar-refractivity contribution < 1.29 is 14.4 Å². The summed E-state index contributed by atoms with van der Waals surface area (Å²) in [4.78, 5) is 39.6. The van der Waals surface area contributed by atoms with Crippen molar-refractivity contribution in [1.29, 1.82) is 0 Å². The maximum atomic E-state index is 12.1. The van der Waals surface area contributed by atoms with E-state index in [2.05, 4.69) is 21.2 Å². The van der Waals surface area contributed by atoms with Crippen LogP contribution in [0.5, 0.6) is 0 Å². The van der Waals surface area contributed by atoms with Gasteiger partial charge in [-0.2, -0.15) is 11.8 Å². The lowest BCUT2D eigenvalue weighted by molar-refractivity contribution is -0.129. The molecule has 0 saturated heterocycles. The van der Waals surface area contributed by atoms with Gasteiger partial charge in [0.05, 0.1) is 17.5 Å². The number of rotatable bonds is 7. The van der Waals surface area contributed by atoms with E-state index >= 15 is 0 Å². The molecule has 1 unspecified atom stereocenters. The fourth-order valence-electron chi connectivity index (χ4n) is 2.44. The fraction of sp³-hybridized carbons (Fsp3) is 0.375. The normalized spacial score (nSPS) is 11.8. The first-order valence-corrected chi connectivity index (χ1v) is 9.35. The summed E-state index contributed by atoms with van der Waals surface area (Å²) in [7, 11) is 1.83. The van der Waals surface area contributed by atoms with Gasteiger partial charge in [-0.1, -0.05) is 12.1 Å². The molecule has 1 aromatic carbocycles. The zero-order valence-electron chi connectivity index (χ0n) is 14.6. The van der Waals surface area contributed by atoms with Crippen molar-refractivity contribution in [2.45, 2.75) is 18.9 Å². The van der Waals surface area contributed by atoms with Crippen molar-refractivity contribution in [2.24, 2.45) is 12.8 Å². The van der Waals surface area contributed by atoms with Crippen molar-refractivity contribution in [3.05, 3.63) is 30.1 Å². The quantitative estimate of drug-likeness (QED) is 0.506. The SMILES string of the molecule is CSCCC(NC(N)=O)C(=O)NNC(=O)Cc1nc2ccccc2n1C. The number of primary amides is 1. The van der Waals surface area contributed by atoms with Gasteiger partial charge in [0, 0.05) is 7.05 Å². The van der Waals surface area contributed by atoms with E-state index < -0.39 is 23.9 Å². The maximum Gasteiger partial charge on any atom is 0.312 e. The van der Waals surface area contributed by atoms with E-state index in [0.29, 0.717) is 18.0 Å². The number of imidazole rings is 1. The topological polar surface area (TPSA) is 131 Å². The second-order valence-electron chi connectivity index (χ2n) is 5.63. The number of nitrogens with two attached hydrogens (primary N) is 1. The number of hydrogen-bond donors (Lipinski definition) is 4. The largest absolute Gasteiger partial charge is 0.352 e. The van der Waals surface area contributed by atoms with E-state index in [9.17, 15) is 14.4 Å². The van der Waals surface area contributed by atoms with Gasteiger partial charge in [-0.15, -0.1) is 0 Å². The second-order valence-corrected chi connectivity index (χ2v) is 6.62. The Kier molecular flexibility index (Phi) is 6.84. The molecule has 2 rings (SSSR count). The Morgan fingerprint density at radius 1 is 1.27 bits per heavy atom. The van der Waals surface area contributed by atoms with Crippen LogP contribution in [0.1, 0.15) is 12.2 Å². The van der Waals surface area contributed by atoms with Gasteiger partial charge in [0.1, 0.15) is 11.9 Å². The number of urea groups is 1. The third-order valence-electron chi connectivity index (χ3n) is 3.77. The Hall–Kier alpha value is -2.75. The molecule has 1 aromatic heterocycles. The number of thioether (sulfide) groups is 1. The van der Waals surface area contributed by atoms with Gasteiger partial charge in [-0.3, -0.25) is 20.4 Å². The number of carbonyl (C=O) groups excluding carboxylic acids is 3. The lowest BCUT2D eigenvalue weighted by Gasteiger charge is -2.17. The molecule has 0 bridgehead atoms. The van der Waals surface area contributed by atoms with Crippen LogP contribution in [0.2, 0.25) is 0 Å². The molecule has 0 aliphatic heterocycles. The number of nitrogens with one attached hydrogen (secondary N) is 3. The lowest BCUT2D eigenvalue weighted by atomic mass is 10.2. The summed E-state index contributed by atoms with van der Waals surface area (Å²) in [5.41, 5.74) is 11.5. The zero-order chi connectivity index (χ0) is 19.1. The van der Waals surface area contributed by atoms with Crippen LogP contribution in [-0.2, 0) is 23.1 Å². The van der Waals surface area contributed by atoms with Gasteiger partial charge in [-0.25, -0.2) is 9.78 Å². The Morgan fingerprint density at radius 3 is 2.65 bits per heavy atom. The minimum Gasteiger partial charge on any atom is -0.352 e. The fourth-order valence-corrected chi connectivity index (χ4v) is 2.91. The third kappa shape index (κ3) is 5.12. The predicted octanol–water partition coefficient (Wildman–Crippen LogP) is 0.0532. The van der Waals surface area contributed by atoms with Crippen molar-refractivity contribution in [3.8, 4) is 0 Å². The first-order valence-electron chi connectivity index (χ1n) is 7.96. The number of hydrazine groups is 1. The summed E-state index contributed by atoms with van der Waals surface area (Å²) in [5, 5.41) is 2.36. The molecule has 4 amide bonds. The summed E-state index contributed by atoms with van der Waals surface area (Å²) in [6.07, 6.45) is 2.29. The molecule has 26 heavy (non-hydrogen) atoms. The number of benzene rings is 1. The highest BCUT2D eigenvalue weighted by atomic mass is 32.2. The molecule has 0 spiro atoms. The van der Waals surface area contributed by atoms with Crippen LogP contribution in [0.3, 0.4) is 0 Å². The van der Waals surface area contributed by atoms with Crippen LogP contribution < -0.4 is 21.9 Å². The average molecular weight is 378 g/mol. The van der Waals surface area contributed by atoms with E-state index in [0.717, 1.165) is 11.0 Å². The summed E-state index contributed by atoms with van der Waals surface area (Å²) in [6.45, 7) is 0. The number of hydrogen-bond acceptors (Lipinski definition) is 5. The first-order chi connectivity index (χ1) is 12.4. The molecule has 0 radical (unpaired) electrons. The second kappa shape index (κ2) is 9.09. The van der Waals surface area contributed by atoms with Crippen molar-refractivity contribution in [3.63, 3.8) is 0 Å². The number of carbonyl (C=O) groups is 3. The molecule has 0 saturated carbocycles. The number of nitrogens with zero attached hydrogens (tertiary/aromatic N) is 2. The third-order valence-corrected chi connectivity index (χ3v) is 4.41. The highest BCUT2D eigenvalue weighted by Crippen LogP contribution is 2.14. The van der Waals surface area contributed by atoms with E-state index in [-0.39, 0.29) is 6.42 Å². The molecule has 140 valence electrons. The van der Waals surface area contributed by atoms with Crippen LogP contribution in [0.4, 0.5) is 4.79 Å². The number of aryl methyl sites for hydroxylation is 1. The summed E-state index contributed by atoms with van der Waals surface area (Å²) in [5.74, 6) is 0.286. The molecule has 2 aromatic rings. The van der Waals surface area contributed by atoms with Gasteiger partial charge >= 0.3 is 6.03 Å². The molecule has 0 fully saturated rings. The standard InChI is InChI=1S/C16H22N6O3S/c1-22-12-6-4-3-5-10(12)18-13(22)9-14(23)20-21-15(24)11(7-8-26-2)19-16(17)25/h3-6,11H,7-9H2,1-2H3,(H,20,23)(H,21,24)(H3,17,19,25). The maximum absolute atomic E-state index is 12.1. The minimum absolute atomic E-state index is 0.00415. The molecule has 9 nitrogen and oxygen atoms in total. The zero-order valence-corrected chi connectivity index (χ0v) is 15.4. The Bertz CT molecular complexity index is 806. The van der Waals surface area contributed by atoms with E-state index in [1.54, 1.807) is 0 Å². The Labute approximate surface area is 155 Å². The summed E-state index contributed by atoms with van der Waals surface area (Å²) < 4.78 is 1.83. The molecule has 10 heteroatoms. The Balaban J connectivity index is 1.92. The molecular weight excluding hydrogens is 356 g/mol. The predicted molar refractivity (Wildman–Crippen MR) is 100 cm³/mol. The Morgan fingerprint density at radius 2 is 2.00 bits per heavy atom. The first kappa shape index (κ1) is 19.6. The monoisotopic (exact) mass is 378 g/mol. The molecule has 5 N–H and O–H groups in total. The number of aromatic nitrogens is 2. The van der Waals surface area contributed by atoms with Crippen LogP contribution in [0, 0.1) is 0 Å². The van der Waals surface area contributed by atoms with E-state index in [4.69, 9.17) is 5.73 Å². The molecule has 0 aliphatic carbocycles. The molecular formula is C16H22N6O3S. The van der Waals surface area contributed by atoms with Crippen molar-refractivity contribution in [1.82, 2.24) is 25.7 Å². The summed E-state index contributed by atoms with van der Waals surface area (Å²) >= 11 is 1.53. The highest BCUT2D eigenvalue weighted by Gasteiger charge is 2.20. The van der Waals surface area contributed by atoms with Gasteiger partial charge in [0.2, 0.25) is 5.91 Å². The van der Waals surface area contributed by atoms with E-state index in [1.807, 2.05) is 42.1 Å². The molecule has 1 atom stereocenters. The van der Waals surface area contributed by atoms with Crippen LogP contribution in [0.25, 0.3) is 11.0 Å². The van der Waals surface area contributed by atoms with Crippen molar-refractivity contribution in [2.75, 3.05) is 12.0 Å². The van der Waals surface area contributed by atoms with Crippen LogP contribution >= 0.6 is 11.8 Å². The highest BCUT2D eigenvalue weighted by molar-refractivity contribution is 7.98. The van der Waals surface area contributed by atoms with Crippen molar-refractivity contribution >= 4 is 40.6 Å². The smallest absolute Gasteiger partial charge is 0.312 e. The van der Waals surface area contributed by atoms with Crippen LogP contribution in [0.15, 0.2) is 24.3 Å². The summed E-state index contributed by atoms with van der Waals surface area (Å²) in [6, 6.07) is 5.95. The number of para-hydroxylation sites is 2. The molecule has 0 aliphatic rings. The number of amides is 4. The van der Waals surface area contributed by atoms with Gasteiger partial charge in [0.15, 0.2) is 0 Å². The minimum atomic E-state index is -0.809.